The highest BCUT2D eigenvalue weighted by Crippen LogP contribution is 2.27. The Morgan fingerprint density at radius 2 is 2.00 bits per heavy atom. The van der Waals surface area contributed by atoms with Crippen molar-refractivity contribution in [3.63, 3.8) is 0 Å². The van der Waals surface area contributed by atoms with Gasteiger partial charge in [-0.15, -0.1) is 0 Å². The van der Waals surface area contributed by atoms with Crippen molar-refractivity contribution in [3.8, 4) is 5.69 Å². The van der Waals surface area contributed by atoms with Gasteiger partial charge in [0, 0.05) is 17.8 Å². The van der Waals surface area contributed by atoms with Crippen LogP contribution in [0.2, 0.25) is 0 Å². The van der Waals surface area contributed by atoms with E-state index in [1.807, 2.05) is 41.2 Å². The number of hydrogen-bond donors (Lipinski definition) is 1. The molecule has 0 bridgehead atoms. The Hall–Kier alpha value is -2.30. The summed E-state index contributed by atoms with van der Waals surface area (Å²) in [7, 11) is 0. The van der Waals surface area contributed by atoms with Crippen molar-refractivity contribution in [2.75, 3.05) is 6.54 Å². The van der Waals surface area contributed by atoms with Crippen molar-refractivity contribution in [2.45, 2.75) is 25.9 Å². The molecule has 1 atom stereocenters. The van der Waals surface area contributed by atoms with Crippen LogP contribution >= 0.6 is 0 Å². The zero-order valence-corrected chi connectivity index (χ0v) is 11.8. The molecule has 20 heavy (non-hydrogen) atoms. The summed E-state index contributed by atoms with van der Waals surface area (Å²) in [5.74, 6) is 0.623. The summed E-state index contributed by atoms with van der Waals surface area (Å²) in [4.78, 5) is 6.51. The Balaban J connectivity index is 1.88. The third kappa shape index (κ3) is 2.15. The normalized spacial score (nSPS) is 18.6. The quantitative estimate of drug-likeness (QED) is 0.926. The molecule has 1 aromatic carbocycles. The summed E-state index contributed by atoms with van der Waals surface area (Å²) in [5.41, 5.74) is 8.18. The van der Waals surface area contributed by atoms with Crippen LogP contribution in [0.1, 0.15) is 25.5 Å². The molecule has 0 spiro atoms. The van der Waals surface area contributed by atoms with Gasteiger partial charge in [0.1, 0.15) is 0 Å². The standard InChI is InChI=1S/C15H19N5/c1-11(2)20-14(9-17-15(20)16)12-8-18-19(10-12)13-6-4-3-5-7-13/h3-8,10-11,14H,9H2,1-2H3,(H2,16,17). The number of hydrogen-bond acceptors (Lipinski definition) is 4. The van der Waals surface area contributed by atoms with Gasteiger partial charge >= 0.3 is 0 Å². The summed E-state index contributed by atoms with van der Waals surface area (Å²) < 4.78 is 1.89. The zero-order valence-electron chi connectivity index (χ0n) is 11.8. The van der Waals surface area contributed by atoms with Gasteiger partial charge in [-0.05, 0) is 26.0 Å². The number of para-hydroxylation sites is 1. The van der Waals surface area contributed by atoms with Gasteiger partial charge in [0.2, 0.25) is 0 Å². The predicted octanol–water partition coefficient (Wildman–Crippen LogP) is 1.95. The largest absolute Gasteiger partial charge is 0.370 e. The lowest BCUT2D eigenvalue weighted by atomic mass is 10.1. The average molecular weight is 269 g/mol. The molecule has 0 saturated heterocycles. The summed E-state index contributed by atoms with van der Waals surface area (Å²) in [6.07, 6.45) is 3.96. The summed E-state index contributed by atoms with van der Waals surface area (Å²) >= 11 is 0. The molecule has 0 radical (unpaired) electrons. The second-order valence-corrected chi connectivity index (χ2v) is 5.27. The van der Waals surface area contributed by atoms with E-state index in [1.54, 1.807) is 0 Å². The number of benzene rings is 1. The molecule has 2 aromatic rings. The van der Waals surface area contributed by atoms with Crippen molar-refractivity contribution in [1.82, 2.24) is 14.7 Å². The van der Waals surface area contributed by atoms with Crippen LogP contribution in [0.15, 0.2) is 47.7 Å². The van der Waals surface area contributed by atoms with Crippen molar-refractivity contribution >= 4 is 5.96 Å². The average Bonchev–Trinajstić information content (AvgIpc) is 3.05. The van der Waals surface area contributed by atoms with E-state index in [-0.39, 0.29) is 6.04 Å². The lowest BCUT2D eigenvalue weighted by Gasteiger charge is -2.29. The minimum Gasteiger partial charge on any atom is -0.370 e. The first-order chi connectivity index (χ1) is 9.66. The second-order valence-electron chi connectivity index (χ2n) is 5.27. The molecular formula is C15H19N5. The van der Waals surface area contributed by atoms with Crippen molar-refractivity contribution in [2.24, 2.45) is 10.7 Å². The first kappa shape index (κ1) is 12.7. The highest BCUT2D eigenvalue weighted by molar-refractivity contribution is 5.80. The van der Waals surface area contributed by atoms with Gasteiger partial charge in [0.15, 0.2) is 5.96 Å². The molecular weight excluding hydrogens is 250 g/mol. The van der Waals surface area contributed by atoms with Gasteiger partial charge in [0.25, 0.3) is 0 Å². The van der Waals surface area contributed by atoms with Crippen LogP contribution in [-0.4, -0.2) is 33.2 Å². The fraction of sp³-hybridized carbons (Fsp3) is 0.333. The van der Waals surface area contributed by atoms with Crippen molar-refractivity contribution < 1.29 is 0 Å². The highest BCUT2D eigenvalue weighted by atomic mass is 15.3. The van der Waals surface area contributed by atoms with E-state index in [4.69, 9.17) is 5.73 Å². The molecule has 0 saturated carbocycles. The van der Waals surface area contributed by atoms with Gasteiger partial charge < -0.3 is 10.6 Å². The predicted molar refractivity (Wildman–Crippen MR) is 79.8 cm³/mol. The number of nitrogens with zero attached hydrogens (tertiary/aromatic N) is 4. The van der Waals surface area contributed by atoms with E-state index in [0.717, 1.165) is 11.3 Å². The number of aliphatic imine (C=N–C) groups is 1. The number of aromatic nitrogens is 2. The molecule has 0 fully saturated rings. The highest BCUT2D eigenvalue weighted by Gasteiger charge is 2.30. The molecule has 1 aliphatic heterocycles. The van der Waals surface area contributed by atoms with Gasteiger partial charge in [-0.25, -0.2) is 4.68 Å². The fourth-order valence-corrected chi connectivity index (χ4v) is 2.63. The lowest BCUT2D eigenvalue weighted by Crippen LogP contribution is -2.40. The van der Waals surface area contributed by atoms with E-state index in [9.17, 15) is 0 Å². The number of nitrogens with two attached hydrogens (primary N) is 1. The van der Waals surface area contributed by atoms with Crippen LogP contribution in [0.3, 0.4) is 0 Å². The van der Waals surface area contributed by atoms with Crippen LogP contribution in [0, 0.1) is 0 Å². The summed E-state index contributed by atoms with van der Waals surface area (Å²) in [6.45, 7) is 4.95. The minimum atomic E-state index is 0.187. The topological polar surface area (TPSA) is 59.4 Å². The minimum absolute atomic E-state index is 0.187. The van der Waals surface area contributed by atoms with E-state index in [2.05, 4.69) is 35.0 Å². The molecule has 2 heterocycles. The van der Waals surface area contributed by atoms with Crippen LogP contribution in [0.5, 0.6) is 0 Å². The Morgan fingerprint density at radius 3 is 2.70 bits per heavy atom. The Bertz CT molecular complexity index is 614. The molecule has 5 nitrogen and oxygen atoms in total. The molecule has 3 rings (SSSR count). The molecule has 1 aliphatic rings. The summed E-state index contributed by atoms with van der Waals surface area (Å²) in [5, 5.41) is 4.45. The Morgan fingerprint density at radius 1 is 1.25 bits per heavy atom. The lowest BCUT2D eigenvalue weighted by molar-refractivity contribution is 0.290. The van der Waals surface area contributed by atoms with Crippen LogP contribution in [0.4, 0.5) is 0 Å². The molecule has 2 N–H and O–H groups in total. The maximum atomic E-state index is 5.97. The first-order valence-electron chi connectivity index (χ1n) is 6.85. The smallest absolute Gasteiger partial charge is 0.192 e. The first-order valence-corrected chi connectivity index (χ1v) is 6.85. The third-order valence-electron chi connectivity index (χ3n) is 3.59. The molecule has 5 heteroatoms. The zero-order chi connectivity index (χ0) is 14.1. The van der Waals surface area contributed by atoms with Gasteiger partial charge in [-0.2, -0.15) is 5.10 Å². The maximum Gasteiger partial charge on any atom is 0.192 e. The van der Waals surface area contributed by atoms with Gasteiger partial charge in [0.05, 0.1) is 24.5 Å². The van der Waals surface area contributed by atoms with Gasteiger partial charge in [-0.1, -0.05) is 18.2 Å². The second kappa shape index (κ2) is 5.00. The molecule has 0 amide bonds. The van der Waals surface area contributed by atoms with Crippen LogP contribution in [0.25, 0.3) is 5.69 Å². The maximum absolute atomic E-state index is 5.97. The Labute approximate surface area is 118 Å². The van der Waals surface area contributed by atoms with E-state index in [0.29, 0.717) is 18.5 Å². The molecule has 1 aromatic heterocycles. The third-order valence-corrected chi connectivity index (χ3v) is 3.59. The summed E-state index contributed by atoms with van der Waals surface area (Å²) in [6, 6.07) is 10.6. The number of guanidine groups is 1. The van der Waals surface area contributed by atoms with E-state index >= 15 is 0 Å². The van der Waals surface area contributed by atoms with Crippen LogP contribution in [-0.2, 0) is 0 Å². The van der Waals surface area contributed by atoms with E-state index < -0.39 is 0 Å². The monoisotopic (exact) mass is 269 g/mol. The fourth-order valence-electron chi connectivity index (χ4n) is 2.63. The van der Waals surface area contributed by atoms with Gasteiger partial charge in [-0.3, -0.25) is 4.99 Å². The SMILES string of the molecule is CC(C)N1C(N)=NCC1c1cnn(-c2ccccc2)c1. The number of rotatable bonds is 3. The van der Waals surface area contributed by atoms with Crippen molar-refractivity contribution in [1.29, 1.82) is 0 Å². The van der Waals surface area contributed by atoms with Crippen LogP contribution < -0.4 is 5.73 Å². The molecule has 1 unspecified atom stereocenters. The van der Waals surface area contributed by atoms with E-state index in [1.165, 1.54) is 0 Å². The molecule has 104 valence electrons. The Kier molecular flexibility index (Phi) is 3.18. The molecule has 0 aliphatic carbocycles. The van der Waals surface area contributed by atoms with Crippen molar-refractivity contribution in [3.05, 3.63) is 48.3 Å².